The van der Waals surface area contributed by atoms with E-state index in [4.69, 9.17) is 21.1 Å². The van der Waals surface area contributed by atoms with Crippen molar-refractivity contribution in [3.05, 3.63) is 46.5 Å². The van der Waals surface area contributed by atoms with E-state index >= 15 is 0 Å². The molecule has 3 rings (SSSR count). The van der Waals surface area contributed by atoms with Crippen molar-refractivity contribution in [2.75, 3.05) is 13.7 Å². The highest BCUT2D eigenvalue weighted by molar-refractivity contribution is 6.30. The fraction of sp³-hybridized carbons (Fsp3) is 0.500. The topological polar surface area (TPSA) is 81.4 Å². The zero-order valence-electron chi connectivity index (χ0n) is 13.7. The first-order valence-electron chi connectivity index (χ1n) is 7.91. The van der Waals surface area contributed by atoms with Crippen molar-refractivity contribution in [3.63, 3.8) is 0 Å². The zero-order valence-corrected chi connectivity index (χ0v) is 14.5. The first-order valence-corrected chi connectivity index (χ1v) is 8.29. The van der Waals surface area contributed by atoms with Gasteiger partial charge in [-0.15, -0.1) is 5.10 Å². The third kappa shape index (κ3) is 4.53. The van der Waals surface area contributed by atoms with Crippen LogP contribution in [0.2, 0.25) is 5.02 Å². The smallest absolute Gasteiger partial charge is 0.142 e. The molecule has 0 spiro atoms. The van der Waals surface area contributed by atoms with Crippen LogP contribution in [-0.4, -0.2) is 52.1 Å². The van der Waals surface area contributed by atoms with E-state index in [0.29, 0.717) is 19.7 Å². The van der Waals surface area contributed by atoms with Gasteiger partial charge in [-0.2, -0.15) is 0 Å². The standard InChI is InChI=1S/C16H20ClFN4O3/c1-24-8-11-6-22(21-20-11)7-15-16(14(23)9-25-15)19-5-10-2-3-12(17)13(18)4-10/h2-4,6,14-16,19,23H,5,7-9H2,1H3/t14-,15+,16+/m0/s1. The molecule has 0 saturated carbocycles. The number of ether oxygens (including phenoxy) is 2. The number of aliphatic hydroxyl groups excluding tert-OH is 1. The molecule has 2 N–H and O–H groups in total. The molecular weight excluding hydrogens is 351 g/mol. The quantitative estimate of drug-likeness (QED) is 0.760. The number of halogens is 2. The minimum absolute atomic E-state index is 0.0870. The fourth-order valence-corrected chi connectivity index (χ4v) is 2.94. The van der Waals surface area contributed by atoms with Crippen molar-refractivity contribution >= 4 is 11.6 Å². The van der Waals surface area contributed by atoms with Gasteiger partial charge in [-0.25, -0.2) is 9.07 Å². The van der Waals surface area contributed by atoms with Crippen molar-refractivity contribution in [1.29, 1.82) is 0 Å². The Labute approximate surface area is 149 Å². The number of methoxy groups -OCH3 is 1. The maximum atomic E-state index is 13.5. The van der Waals surface area contributed by atoms with E-state index in [1.165, 1.54) is 12.1 Å². The first kappa shape index (κ1) is 18.2. The lowest BCUT2D eigenvalue weighted by atomic mass is 10.1. The number of nitrogens with one attached hydrogen (secondary N) is 1. The lowest BCUT2D eigenvalue weighted by Gasteiger charge is -2.21. The molecule has 3 atom stereocenters. The summed E-state index contributed by atoms with van der Waals surface area (Å²) in [5, 5.41) is 21.5. The van der Waals surface area contributed by atoms with Gasteiger partial charge < -0.3 is 19.9 Å². The molecular formula is C16H20ClFN4O3. The van der Waals surface area contributed by atoms with Gasteiger partial charge >= 0.3 is 0 Å². The molecule has 1 aliphatic heterocycles. The fourth-order valence-electron chi connectivity index (χ4n) is 2.82. The monoisotopic (exact) mass is 370 g/mol. The van der Waals surface area contributed by atoms with E-state index in [9.17, 15) is 9.50 Å². The largest absolute Gasteiger partial charge is 0.389 e. The molecule has 2 heterocycles. The Hall–Kier alpha value is -1.58. The van der Waals surface area contributed by atoms with Crippen LogP contribution in [-0.2, 0) is 29.2 Å². The molecule has 1 aromatic heterocycles. The maximum absolute atomic E-state index is 13.5. The second-order valence-corrected chi connectivity index (χ2v) is 6.37. The molecule has 7 nitrogen and oxygen atoms in total. The van der Waals surface area contributed by atoms with E-state index in [1.807, 2.05) is 0 Å². The lowest BCUT2D eigenvalue weighted by molar-refractivity contribution is 0.0741. The van der Waals surface area contributed by atoms with Gasteiger partial charge in [-0.1, -0.05) is 22.9 Å². The summed E-state index contributed by atoms with van der Waals surface area (Å²) >= 11 is 5.69. The van der Waals surface area contributed by atoms with Gasteiger partial charge in [0, 0.05) is 13.7 Å². The predicted molar refractivity (Wildman–Crippen MR) is 88.5 cm³/mol. The second kappa shape index (κ2) is 8.20. The molecule has 1 saturated heterocycles. The summed E-state index contributed by atoms with van der Waals surface area (Å²) in [5.41, 5.74) is 1.46. The molecule has 0 radical (unpaired) electrons. The molecule has 2 aromatic rings. The van der Waals surface area contributed by atoms with Gasteiger partial charge in [0.15, 0.2) is 0 Å². The Morgan fingerprint density at radius 2 is 2.36 bits per heavy atom. The molecule has 1 aliphatic rings. The van der Waals surface area contributed by atoms with E-state index in [1.54, 1.807) is 24.1 Å². The van der Waals surface area contributed by atoms with Gasteiger partial charge in [-0.05, 0) is 17.7 Å². The van der Waals surface area contributed by atoms with Crippen LogP contribution in [0.15, 0.2) is 24.4 Å². The highest BCUT2D eigenvalue weighted by Gasteiger charge is 2.36. The van der Waals surface area contributed by atoms with Crippen LogP contribution in [0.1, 0.15) is 11.3 Å². The Balaban J connectivity index is 1.60. The number of aromatic nitrogens is 3. The molecule has 0 aliphatic carbocycles. The summed E-state index contributed by atoms with van der Waals surface area (Å²) in [7, 11) is 1.59. The SMILES string of the molecule is COCc1cn(C[C@H]2OC[C@H](O)[C@H]2NCc2ccc(Cl)c(F)c2)nn1. The van der Waals surface area contributed by atoms with Crippen molar-refractivity contribution in [2.24, 2.45) is 0 Å². The van der Waals surface area contributed by atoms with E-state index in [2.05, 4.69) is 15.6 Å². The Bertz CT molecular complexity index is 714. The van der Waals surface area contributed by atoms with E-state index in [0.717, 1.165) is 11.3 Å². The lowest BCUT2D eigenvalue weighted by Crippen LogP contribution is -2.45. The summed E-state index contributed by atoms with van der Waals surface area (Å²) in [6.45, 7) is 1.46. The van der Waals surface area contributed by atoms with Crippen molar-refractivity contribution < 1.29 is 19.0 Å². The van der Waals surface area contributed by atoms with E-state index in [-0.39, 0.29) is 23.8 Å². The van der Waals surface area contributed by atoms with Crippen LogP contribution in [0, 0.1) is 5.82 Å². The Morgan fingerprint density at radius 1 is 1.52 bits per heavy atom. The molecule has 1 aromatic carbocycles. The Kier molecular flexibility index (Phi) is 5.98. The molecule has 1 fully saturated rings. The number of hydrogen-bond donors (Lipinski definition) is 2. The first-order chi connectivity index (χ1) is 12.1. The second-order valence-electron chi connectivity index (χ2n) is 5.96. The van der Waals surface area contributed by atoms with Crippen LogP contribution < -0.4 is 5.32 Å². The van der Waals surface area contributed by atoms with Gasteiger partial charge in [0.2, 0.25) is 0 Å². The van der Waals surface area contributed by atoms with Crippen LogP contribution in [0.5, 0.6) is 0 Å². The summed E-state index contributed by atoms with van der Waals surface area (Å²) in [4.78, 5) is 0. The van der Waals surface area contributed by atoms with Gasteiger partial charge in [0.25, 0.3) is 0 Å². The third-order valence-electron chi connectivity index (χ3n) is 4.07. The van der Waals surface area contributed by atoms with Crippen LogP contribution >= 0.6 is 11.6 Å². The predicted octanol–water partition coefficient (Wildman–Crippen LogP) is 1.14. The molecule has 0 unspecified atom stereocenters. The van der Waals surface area contributed by atoms with Crippen LogP contribution in [0.3, 0.4) is 0 Å². The van der Waals surface area contributed by atoms with E-state index < -0.39 is 11.9 Å². The number of benzene rings is 1. The molecule has 9 heteroatoms. The van der Waals surface area contributed by atoms with Crippen molar-refractivity contribution in [2.45, 2.75) is 37.9 Å². The zero-order chi connectivity index (χ0) is 17.8. The molecule has 25 heavy (non-hydrogen) atoms. The van der Waals surface area contributed by atoms with Crippen LogP contribution in [0.25, 0.3) is 0 Å². The summed E-state index contributed by atoms with van der Waals surface area (Å²) in [5.74, 6) is -0.464. The Morgan fingerprint density at radius 3 is 3.12 bits per heavy atom. The minimum Gasteiger partial charge on any atom is -0.389 e. The van der Waals surface area contributed by atoms with Crippen LogP contribution in [0.4, 0.5) is 4.39 Å². The average molecular weight is 371 g/mol. The number of nitrogens with zero attached hydrogens (tertiary/aromatic N) is 3. The summed E-state index contributed by atoms with van der Waals surface area (Å²) in [6, 6.07) is 4.33. The molecule has 0 bridgehead atoms. The van der Waals surface area contributed by atoms with Crippen molar-refractivity contribution in [3.8, 4) is 0 Å². The number of rotatable bonds is 7. The highest BCUT2D eigenvalue weighted by atomic mass is 35.5. The summed E-state index contributed by atoms with van der Waals surface area (Å²) in [6.07, 6.45) is 0.858. The molecule has 136 valence electrons. The normalized spacial score (nSPS) is 23.3. The van der Waals surface area contributed by atoms with Crippen molar-refractivity contribution in [1.82, 2.24) is 20.3 Å². The third-order valence-corrected chi connectivity index (χ3v) is 4.37. The molecule has 0 amide bonds. The number of hydrogen-bond acceptors (Lipinski definition) is 6. The summed E-state index contributed by atoms with van der Waals surface area (Å²) < 4.78 is 25.9. The van der Waals surface area contributed by atoms with Gasteiger partial charge in [-0.3, -0.25) is 0 Å². The highest BCUT2D eigenvalue weighted by Crippen LogP contribution is 2.19. The van der Waals surface area contributed by atoms with Gasteiger partial charge in [0.1, 0.15) is 11.5 Å². The average Bonchev–Trinajstić information content (AvgIpc) is 3.17. The minimum atomic E-state index is -0.649. The van der Waals surface area contributed by atoms with Gasteiger partial charge in [0.05, 0.1) is 49.2 Å². The maximum Gasteiger partial charge on any atom is 0.142 e. The number of aliphatic hydroxyl groups is 1.